The molecule has 2 saturated carbocycles. The standard InChI is InChI=1S/C12H19NO3S/c14-12(10-5-8-4-9(8)6-10)13-11-2-1-3-17(15,16)7-11/h8-11H,1-7H2,(H,13,14). The van der Waals surface area contributed by atoms with Gasteiger partial charge in [0, 0.05) is 12.0 Å². The van der Waals surface area contributed by atoms with Crippen LogP contribution in [-0.4, -0.2) is 31.9 Å². The molecule has 0 spiro atoms. The third-order valence-corrected chi connectivity index (χ3v) is 6.24. The van der Waals surface area contributed by atoms with E-state index >= 15 is 0 Å². The molecule has 96 valence electrons. The van der Waals surface area contributed by atoms with E-state index in [0.717, 1.165) is 31.1 Å². The lowest BCUT2D eigenvalue weighted by Crippen LogP contribution is -2.45. The molecule has 1 amide bonds. The lowest BCUT2D eigenvalue weighted by Gasteiger charge is -2.24. The van der Waals surface area contributed by atoms with Gasteiger partial charge in [0.1, 0.15) is 0 Å². The van der Waals surface area contributed by atoms with Crippen LogP contribution < -0.4 is 5.32 Å². The molecule has 1 aliphatic heterocycles. The average Bonchev–Trinajstić information content (AvgIpc) is 2.84. The molecule has 0 radical (unpaired) electrons. The minimum absolute atomic E-state index is 0.0966. The third kappa shape index (κ3) is 2.49. The Bertz CT molecular complexity index is 421. The summed E-state index contributed by atoms with van der Waals surface area (Å²) in [7, 11) is -2.92. The van der Waals surface area contributed by atoms with E-state index in [1.807, 2.05) is 0 Å². The quantitative estimate of drug-likeness (QED) is 0.793. The summed E-state index contributed by atoms with van der Waals surface area (Å²) in [5.74, 6) is 2.26. The van der Waals surface area contributed by atoms with Crippen LogP contribution in [0.4, 0.5) is 0 Å². The molecule has 0 aromatic heterocycles. The van der Waals surface area contributed by atoms with Gasteiger partial charge in [-0.15, -0.1) is 0 Å². The molecule has 3 unspecified atom stereocenters. The van der Waals surface area contributed by atoms with Gasteiger partial charge in [-0.2, -0.15) is 0 Å². The van der Waals surface area contributed by atoms with E-state index in [2.05, 4.69) is 5.32 Å². The van der Waals surface area contributed by atoms with Crippen molar-refractivity contribution in [3.8, 4) is 0 Å². The molecule has 3 atom stereocenters. The summed E-state index contributed by atoms with van der Waals surface area (Å²) in [6.45, 7) is 0. The molecule has 3 rings (SSSR count). The maximum atomic E-state index is 12.0. The molecule has 0 bridgehead atoms. The fourth-order valence-corrected chi connectivity index (χ4v) is 5.02. The minimum atomic E-state index is -2.92. The van der Waals surface area contributed by atoms with E-state index in [0.29, 0.717) is 6.42 Å². The monoisotopic (exact) mass is 257 g/mol. The second-order valence-electron chi connectivity index (χ2n) is 5.89. The van der Waals surface area contributed by atoms with Crippen LogP contribution in [0, 0.1) is 17.8 Å². The van der Waals surface area contributed by atoms with Crippen LogP contribution in [0.15, 0.2) is 0 Å². The zero-order chi connectivity index (χ0) is 12.0. The zero-order valence-electron chi connectivity index (χ0n) is 9.89. The highest BCUT2D eigenvalue weighted by molar-refractivity contribution is 7.91. The Morgan fingerprint density at radius 3 is 2.47 bits per heavy atom. The van der Waals surface area contributed by atoms with Crippen molar-refractivity contribution in [3.05, 3.63) is 0 Å². The molecule has 17 heavy (non-hydrogen) atoms. The largest absolute Gasteiger partial charge is 0.352 e. The Morgan fingerprint density at radius 1 is 1.12 bits per heavy atom. The van der Waals surface area contributed by atoms with Gasteiger partial charge in [-0.1, -0.05) is 0 Å². The highest BCUT2D eigenvalue weighted by Crippen LogP contribution is 2.54. The van der Waals surface area contributed by atoms with Crippen molar-refractivity contribution in [3.63, 3.8) is 0 Å². The van der Waals surface area contributed by atoms with E-state index in [9.17, 15) is 13.2 Å². The normalized spacial score (nSPS) is 42.8. The molecule has 1 heterocycles. The van der Waals surface area contributed by atoms with E-state index in [1.165, 1.54) is 6.42 Å². The number of carbonyl (C=O) groups is 1. The molecule has 0 aromatic carbocycles. The molecular formula is C12H19NO3S. The first-order chi connectivity index (χ1) is 8.03. The number of rotatable bonds is 2. The van der Waals surface area contributed by atoms with Crippen molar-refractivity contribution in [1.82, 2.24) is 5.32 Å². The van der Waals surface area contributed by atoms with Crippen LogP contribution in [-0.2, 0) is 14.6 Å². The molecule has 3 aliphatic rings. The maximum Gasteiger partial charge on any atom is 0.223 e. The predicted octanol–water partition coefficient (Wildman–Crippen LogP) is 0.726. The second kappa shape index (κ2) is 3.97. The maximum absolute atomic E-state index is 12.0. The van der Waals surface area contributed by atoms with E-state index < -0.39 is 9.84 Å². The first-order valence-electron chi connectivity index (χ1n) is 6.54. The molecule has 1 saturated heterocycles. The highest BCUT2D eigenvalue weighted by atomic mass is 32.2. The zero-order valence-corrected chi connectivity index (χ0v) is 10.7. The number of sulfone groups is 1. The molecule has 0 aromatic rings. The molecule has 3 fully saturated rings. The number of fused-ring (bicyclic) bond motifs is 1. The summed E-state index contributed by atoms with van der Waals surface area (Å²) < 4.78 is 22.9. The van der Waals surface area contributed by atoms with Crippen molar-refractivity contribution in [2.24, 2.45) is 17.8 Å². The third-order valence-electron chi connectivity index (χ3n) is 4.42. The van der Waals surface area contributed by atoms with Crippen molar-refractivity contribution in [2.45, 2.75) is 38.1 Å². The number of nitrogens with one attached hydrogen (secondary N) is 1. The van der Waals surface area contributed by atoms with Crippen molar-refractivity contribution in [1.29, 1.82) is 0 Å². The lowest BCUT2D eigenvalue weighted by molar-refractivity contribution is -0.125. The molecule has 2 aliphatic carbocycles. The fraction of sp³-hybridized carbons (Fsp3) is 0.917. The molecule has 4 nitrogen and oxygen atoms in total. The average molecular weight is 257 g/mol. The summed E-state index contributed by atoms with van der Waals surface area (Å²) in [4.78, 5) is 12.0. The Labute approximate surface area is 102 Å². The van der Waals surface area contributed by atoms with Gasteiger partial charge in [-0.25, -0.2) is 8.42 Å². The van der Waals surface area contributed by atoms with Gasteiger partial charge in [0.2, 0.25) is 5.91 Å². The first-order valence-corrected chi connectivity index (χ1v) is 8.36. The van der Waals surface area contributed by atoms with Crippen LogP contribution >= 0.6 is 0 Å². The number of hydrogen-bond acceptors (Lipinski definition) is 3. The Balaban J connectivity index is 1.54. The summed E-state index contributed by atoms with van der Waals surface area (Å²) in [6.07, 6.45) is 4.85. The van der Waals surface area contributed by atoms with Gasteiger partial charge in [0.25, 0.3) is 0 Å². The first kappa shape index (κ1) is 11.5. The van der Waals surface area contributed by atoms with Gasteiger partial charge in [0.15, 0.2) is 9.84 Å². The predicted molar refractivity (Wildman–Crippen MR) is 64.1 cm³/mol. The lowest BCUT2D eigenvalue weighted by atomic mass is 10.0. The van der Waals surface area contributed by atoms with Gasteiger partial charge >= 0.3 is 0 Å². The number of carbonyl (C=O) groups excluding carboxylic acids is 1. The Morgan fingerprint density at radius 2 is 1.82 bits per heavy atom. The second-order valence-corrected chi connectivity index (χ2v) is 8.12. The van der Waals surface area contributed by atoms with Crippen LogP contribution in [0.2, 0.25) is 0 Å². The van der Waals surface area contributed by atoms with Crippen LogP contribution in [0.1, 0.15) is 32.1 Å². The number of amides is 1. The Kier molecular flexibility index (Phi) is 2.69. The minimum Gasteiger partial charge on any atom is -0.352 e. The molecule has 5 heteroatoms. The summed E-state index contributed by atoms with van der Waals surface area (Å²) >= 11 is 0. The highest BCUT2D eigenvalue weighted by Gasteiger charge is 2.48. The van der Waals surface area contributed by atoms with E-state index in [4.69, 9.17) is 0 Å². The molecule has 1 N–H and O–H groups in total. The molecular weight excluding hydrogens is 238 g/mol. The van der Waals surface area contributed by atoms with E-state index in [1.54, 1.807) is 0 Å². The Hall–Kier alpha value is -0.580. The van der Waals surface area contributed by atoms with E-state index in [-0.39, 0.29) is 29.4 Å². The van der Waals surface area contributed by atoms with Crippen molar-refractivity contribution >= 4 is 15.7 Å². The summed E-state index contributed by atoms with van der Waals surface area (Å²) in [5, 5.41) is 2.94. The summed E-state index contributed by atoms with van der Waals surface area (Å²) in [6, 6.07) is -0.141. The van der Waals surface area contributed by atoms with Gasteiger partial charge in [-0.3, -0.25) is 4.79 Å². The van der Waals surface area contributed by atoms with Gasteiger partial charge < -0.3 is 5.32 Å². The van der Waals surface area contributed by atoms with Gasteiger partial charge in [-0.05, 0) is 43.9 Å². The topological polar surface area (TPSA) is 63.2 Å². The van der Waals surface area contributed by atoms with Crippen LogP contribution in [0.3, 0.4) is 0 Å². The van der Waals surface area contributed by atoms with Crippen molar-refractivity contribution in [2.75, 3.05) is 11.5 Å². The van der Waals surface area contributed by atoms with Gasteiger partial charge in [0.05, 0.1) is 11.5 Å². The van der Waals surface area contributed by atoms with Crippen LogP contribution in [0.25, 0.3) is 0 Å². The van der Waals surface area contributed by atoms with Crippen molar-refractivity contribution < 1.29 is 13.2 Å². The number of hydrogen-bond donors (Lipinski definition) is 1. The van der Waals surface area contributed by atoms with Crippen LogP contribution in [0.5, 0.6) is 0 Å². The fourth-order valence-electron chi connectivity index (χ4n) is 3.38. The SMILES string of the molecule is O=C(NC1CCCS(=O)(=O)C1)C1CC2CC2C1. The summed E-state index contributed by atoms with van der Waals surface area (Å²) in [5.41, 5.74) is 0. The smallest absolute Gasteiger partial charge is 0.223 e.